The molecule has 0 amide bonds. The van der Waals surface area contributed by atoms with Gasteiger partial charge in [-0.1, -0.05) is 35.9 Å². The lowest BCUT2D eigenvalue weighted by atomic mass is 9.88. The normalized spacial score (nSPS) is 18.0. The van der Waals surface area contributed by atoms with E-state index in [2.05, 4.69) is 0 Å². The Labute approximate surface area is 203 Å². The number of ether oxygens (including phenoxy) is 2. The maximum Gasteiger partial charge on any atom is 0.303 e. The van der Waals surface area contributed by atoms with E-state index >= 15 is 4.39 Å². The molecule has 0 radical (unpaired) electrons. The van der Waals surface area contributed by atoms with Gasteiger partial charge in [-0.05, 0) is 84.5 Å². The van der Waals surface area contributed by atoms with Gasteiger partial charge in [0.25, 0.3) is 0 Å². The first-order valence-electron chi connectivity index (χ1n) is 11.6. The lowest BCUT2D eigenvalue weighted by molar-refractivity contribution is -0.137. The molecule has 4 nitrogen and oxygen atoms in total. The number of rotatable bonds is 7. The summed E-state index contributed by atoms with van der Waals surface area (Å²) in [5.74, 6) is 0.662. The van der Waals surface area contributed by atoms with E-state index in [0.29, 0.717) is 39.8 Å². The smallest absolute Gasteiger partial charge is 0.303 e. The highest BCUT2D eigenvalue weighted by molar-refractivity contribution is 6.33. The minimum Gasteiger partial charge on any atom is -0.497 e. The molecule has 1 unspecified atom stereocenters. The van der Waals surface area contributed by atoms with E-state index < -0.39 is 12.1 Å². The number of halogens is 2. The van der Waals surface area contributed by atoms with Gasteiger partial charge in [0.15, 0.2) is 0 Å². The summed E-state index contributed by atoms with van der Waals surface area (Å²) in [4.78, 5) is 11.4. The number of hydrogen-bond acceptors (Lipinski definition) is 3. The lowest BCUT2D eigenvalue weighted by Gasteiger charge is -2.28. The molecule has 3 aromatic carbocycles. The van der Waals surface area contributed by atoms with Gasteiger partial charge in [-0.15, -0.1) is 0 Å². The van der Waals surface area contributed by atoms with Crippen molar-refractivity contribution in [3.8, 4) is 22.6 Å². The van der Waals surface area contributed by atoms with E-state index in [1.165, 1.54) is 6.07 Å². The Balaban J connectivity index is 1.40. The number of hydrogen-bond donors (Lipinski definition) is 1. The van der Waals surface area contributed by atoms with Crippen molar-refractivity contribution >= 4 is 17.6 Å². The van der Waals surface area contributed by atoms with Crippen LogP contribution >= 0.6 is 11.6 Å². The van der Waals surface area contributed by atoms with E-state index in [1.54, 1.807) is 31.4 Å². The second kappa shape index (κ2) is 9.30. The van der Waals surface area contributed by atoms with Gasteiger partial charge in [-0.3, -0.25) is 4.79 Å². The fourth-order valence-electron chi connectivity index (χ4n) is 4.89. The predicted molar refractivity (Wildman–Crippen MR) is 129 cm³/mol. The molecule has 0 aromatic heterocycles. The Bertz CT molecular complexity index is 1240. The topological polar surface area (TPSA) is 55.8 Å². The second-order valence-corrected chi connectivity index (χ2v) is 9.54. The number of benzene rings is 3. The summed E-state index contributed by atoms with van der Waals surface area (Å²) in [6, 6.07) is 16.4. The van der Waals surface area contributed by atoms with Crippen LogP contribution in [0.25, 0.3) is 11.1 Å². The van der Waals surface area contributed by atoms with Crippen molar-refractivity contribution in [1.82, 2.24) is 0 Å². The maximum absolute atomic E-state index is 15.3. The number of aryl methyl sites for hydroxylation is 1. The lowest BCUT2D eigenvalue weighted by Crippen LogP contribution is -2.17. The van der Waals surface area contributed by atoms with Gasteiger partial charge in [-0.25, -0.2) is 4.39 Å². The number of methoxy groups -OCH3 is 1. The molecule has 1 aliphatic heterocycles. The van der Waals surface area contributed by atoms with Crippen LogP contribution in [0, 0.1) is 11.7 Å². The second-order valence-electron chi connectivity index (χ2n) is 9.14. The van der Waals surface area contributed by atoms with Crippen molar-refractivity contribution in [2.45, 2.75) is 44.1 Å². The molecular weight excluding hydrogens is 455 g/mol. The Morgan fingerprint density at radius 3 is 2.68 bits per heavy atom. The van der Waals surface area contributed by atoms with Crippen LogP contribution in [0.3, 0.4) is 0 Å². The minimum absolute atomic E-state index is 0.00425. The zero-order valence-electron chi connectivity index (χ0n) is 18.9. The van der Waals surface area contributed by atoms with Gasteiger partial charge < -0.3 is 14.6 Å². The fraction of sp³-hybridized carbons (Fsp3) is 0.321. The molecule has 2 atom stereocenters. The molecule has 1 N–H and O–H groups in total. The molecule has 2 aliphatic rings. The van der Waals surface area contributed by atoms with E-state index in [9.17, 15) is 9.90 Å². The van der Waals surface area contributed by atoms with Gasteiger partial charge in [-0.2, -0.15) is 0 Å². The van der Waals surface area contributed by atoms with Crippen LogP contribution in [0.1, 0.15) is 54.4 Å². The Morgan fingerprint density at radius 1 is 1.15 bits per heavy atom. The zero-order chi connectivity index (χ0) is 23.8. The Morgan fingerprint density at radius 2 is 1.97 bits per heavy atom. The molecule has 1 saturated carbocycles. The maximum atomic E-state index is 15.3. The van der Waals surface area contributed by atoms with Crippen LogP contribution in [-0.2, 0) is 11.2 Å². The summed E-state index contributed by atoms with van der Waals surface area (Å²) in [5.41, 5.74) is 3.95. The third-order valence-electron chi connectivity index (χ3n) is 6.88. The largest absolute Gasteiger partial charge is 0.497 e. The van der Waals surface area contributed by atoms with Crippen molar-refractivity contribution in [3.05, 3.63) is 82.1 Å². The predicted octanol–water partition coefficient (Wildman–Crippen LogP) is 7.19. The van der Waals surface area contributed by atoms with Crippen molar-refractivity contribution in [2.75, 3.05) is 7.11 Å². The number of carboxylic acid groups (broad SMARTS) is 1. The number of aliphatic carboxylic acids is 1. The first kappa shape index (κ1) is 22.7. The third kappa shape index (κ3) is 4.62. The van der Waals surface area contributed by atoms with E-state index in [-0.39, 0.29) is 18.2 Å². The van der Waals surface area contributed by atoms with Crippen LogP contribution in [-0.4, -0.2) is 18.2 Å². The van der Waals surface area contributed by atoms with E-state index in [1.807, 2.05) is 24.3 Å². The van der Waals surface area contributed by atoms with Crippen LogP contribution in [0.4, 0.5) is 4.39 Å². The Hall–Kier alpha value is -3.05. The minimum atomic E-state index is -0.785. The van der Waals surface area contributed by atoms with E-state index in [4.69, 9.17) is 21.1 Å². The van der Waals surface area contributed by atoms with Crippen molar-refractivity contribution in [1.29, 1.82) is 0 Å². The number of carbonyl (C=O) groups is 1. The molecule has 0 bridgehead atoms. The molecule has 176 valence electrons. The summed E-state index contributed by atoms with van der Waals surface area (Å²) in [6.45, 7) is 0. The molecule has 0 saturated heterocycles. The van der Waals surface area contributed by atoms with Crippen LogP contribution in [0.15, 0.2) is 54.6 Å². The highest BCUT2D eigenvalue weighted by Gasteiger charge is 2.34. The van der Waals surface area contributed by atoms with Crippen LogP contribution in [0.2, 0.25) is 5.02 Å². The molecule has 1 aliphatic carbocycles. The monoisotopic (exact) mass is 480 g/mol. The molecular formula is C28H26ClFO4. The average molecular weight is 481 g/mol. The first-order valence-corrected chi connectivity index (χ1v) is 12.0. The van der Waals surface area contributed by atoms with Crippen molar-refractivity contribution < 1.29 is 23.8 Å². The van der Waals surface area contributed by atoms with Crippen molar-refractivity contribution in [3.63, 3.8) is 0 Å². The fourth-order valence-corrected chi connectivity index (χ4v) is 5.11. The summed E-state index contributed by atoms with van der Waals surface area (Å²) >= 11 is 6.34. The molecule has 3 aromatic rings. The summed E-state index contributed by atoms with van der Waals surface area (Å²) in [7, 11) is 1.58. The van der Waals surface area contributed by atoms with Crippen LogP contribution < -0.4 is 9.47 Å². The summed E-state index contributed by atoms with van der Waals surface area (Å²) in [5, 5.41) is 9.87. The molecule has 1 heterocycles. The Kier molecular flexibility index (Phi) is 6.22. The third-order valence-corrected chi connectivity index (χ3v) is 7.21. The molecule has 6 heteroatoms. The van der Waals surface area contributed by atoms with Gasteiger partial charge >= 0.3 is 5.97 Å². The summed E-state index contributed by atoms with van der Waals surface area (Å²) in [6.07, 6.45) is 3.28. The van der Waals surface area contributed by atoms with Gasteiger partial charge in [0.1, 0.15) is 23.4 Å². The van der Waals surface area contributed by atoms with Gasteiger partial charge in [0.05, 0.1) is 13.5 Å². The van der Waals surface area contributed by atoms with Crippen molar-refractivity contribution in [2.24, 2.45) is 5.92 Å². The van der Waals surface area contributed by atoms with Gasteiger partial charge in [0, 0.05) is 16.1 Å². The quantitative estimate of drug-likeness (QED) is 0.389. The van der Waals surface area contributed by atoms with E-state index in [0.717, 1.165) is 36.1 Å². The standard InChI is InChI=1S/C28H26ClFO4/c1-33-20-8-10-24(29)23(14-20)18-6-9-21(25(30)12-18)26-11-7-17-4-5-19(13-27(17)34-26)22(15-28(31)32)16-2-3-16/h4-6,8-10,12-14,16,22,26H,2-3,7,11,15H2,1H3,(H,31,32)/t22-,26?/m0/s1. The molecule has 1 fully saturated rings. The SMILES string of the molecule is COc1ccc(Cl)c(-c2ccc(C3CCc4ccc([C@@H](CC(=O)O)C5CC5)cc4O3)c(F)c2)c1. The van der Waals surface area contributed by atoms with Gasteiger partial charge in [0.2, 0.25) is 0 Å². The molecule has 0 spiro atoms. The molecule has 5 rings (SSSR count). The summed E-state index contributed by atoms with van der Waals surface area (Å²) < 4.78 is 26.8. The van der Waals surface area contributed by atoms with Crippen LogP contribution in [0.5, 0.6) is 11.5 Å². The first-order chi connectivity index (χ1) is 16.4. The molecule has 34 heavy (non-hydrogen) atoms. The highest BCUT2D eigenvalue weighted by atomic mass is 35.5. The zero-order valence-corrected chi connectivity index (χ0v) is 19.6. The number of fused-ring (bicyclic) bond motifs is 1. The highest BCUT2D eigenvalue weighted by Crippen LogP contribution is 2.46. The number of carboxylic acids is 1. The average Bonchev–Trinajstić information content (AvgIpc) is 3.67.